The van der Waals surface area contributed by atoms with E-state index in [1.54, 1.807) is 70.1 Å². The lowest BCUT2D eigenvalue weighted by atomic mass is 9.93. The molecule has 9 aromatic rings. The van der Waals surface area contributed by atoms with Gasteiger partial charge in [-0.2, -0.15) is 0 Å². The number of hydrogen-bond donors (Lipinski definition) is 4. The Labute approximate surface area is 725 Å². The fraction of sp³-hybridized carbons (Fsp3) is 0.506. The van der Waals surface area contributed by atoms with Gasteiger partial charge in [0.15, 0.2) is 65.4 Å². The molecule has 9 rings (SSSR count). The van der Waals surface area contributed by atoms with E-state index in [-0.39, 0.29) is 57.4 Å². The third kappa shape index (κ3) is 32.7. The number of ether oxygens (including phenoxy) is 3. The van der Waals surface area contributed by atoms with E-state index in [2.05, 4.69) is 155 Å². The van der Waals surface area contributed by atoms with Crippen LogP contribution >= 0.6 is 35.3 Å². The highest BCUT2D eigenvalue weighted by Crippen LogP contribution is 2.33. The van der Waals surface area contributed by atoms with E-state index in [1.165, 1.54) is 4.90 Å². The first kappa shape index (κ1) is 95.9. The third-order valence-electron chi connectivity index (χ3n) is 19.0. The Morgan fingerprint density at radius 2 is 0.658 bits per heavy atom. The second-order valence-corrected chi connectivity index (χ2v) is 65.6. The molecule has 0 saturated carbocycles. The smallest absolute Gasteiger partial charge is 0.408 e. The number of thioether (sulfide) groups is 3. The Hall–Kier alpha value is -7.89. The van der Waals surface area contributed by atoms with Crippen molar-refractivity contribution in [1.29, 1.82) is 0 Å². The molecule has 0 aliphatic heterocycles. The minimum atomic E-state index is -2.04. The van der Waals surface area contributed by atoms with Crippen molar-refractivity contribution >= 4 is 109 Å². The molecule has 0 saturated heterocycles. The minimum absolute atomic E-state index is 0.0114. The first-order chi connectivity index (χ1) is 56.7. The topological polar surface area (TPSA) is 353 Å². The highest BCUT2D eigenvalue weighted by Gasteiger charge is 2.47. The van der Waals surface area contributed by atoms with Crippen molar-refractivity contribution in [3.05, 3.63) is 162 Å². The van der Waals surface area contributed by atoms with Gasteiger partial charge in [0, 0.05) is 133 Å². The van der Waals surface area contributed by atoms with Gasteiger partial charge >= 0.3 is 6.09 Å². The summed E-state index contributed by atoms with van der Waals surface area (Å²) in [5, 5.41) is 51.3. The fourth-order valence-electron chi connectivity index (χ4n) is 14.0. The number of nitrogens with one attached hydrogen (secondary N) is 3. The van der Waals surface area contributed by atoms with Crippen molar-refractivity contribution in [2.75, 3.05) is 55.6 Å². The van der Waals surface area contributed by atoms with E-state index in [9.17, 15) is 24.3 Å². The molecule has 4 N–H and O–H groups in total. The molecule has 0 fully saturated rings. The number of benzene rings is 3. The SMILES string of the molecule is CC(=O)NCCC[Si](C)(C)O[Si](C)(C)CSc1ncc(Cn2cc(-c3ccc(COCC(COCc4ccc(-c5cn(Cc6cnc(SC[Si](C)(C)O[Si](C)(C)CCCNC(C)=O)nc6)nn5)cc4)(COCc4ccc(-c5cn(Cc6cnc(SC[Si](C)(C)O[Si](C)(C)CCCNC(C)=O)nc6)nn5)cc4)N(C(=O)O)C(C)(C)C)cc3)nn2)cn1. The predicted molar refractivity (Wildman–Crippen MR) is 486 cm³/mol. The van der Waals surface area contributed by atoms with E-state index < -0.39 is 67.1 Å². The average Bonchev–Trinajstić information content (AvgIpc) is 0.893. The van der Waals surface area contributed by atoms with Crippen molar-refractivity contribution in [2.24, 2.45) is 0 Å². The van der Waals surface area contributed by atoms with Gasteiger partial charge in [-0.25, -0.2) is 48.7 Å². The first-order valence-corrected chi connectivity index (χ1v) is 62.2. The minimum Gasteiger partial charge on any atom is -0.465 e. The van der Waals surface area contributed by atoms with Crippen molar-refractivity contribution in [1.82, 2.24) is 95.7 Å². The lowest BCUT2D eigenvalue weighted by Gasteiger charge is -2.48. The summed E-state index contributed by atoms with van der Waals surface area (Å²) in [6.07, 6.45) is 18.2. The molecule has 3 aromatic carbocycles. The van der Waals surface area contributed by atoms with Crippen LogP contribution < -0.4 is 16.0 Å². The fourth-order valence-corrected chi connectivity index (χ4v) is 45.1. The summed E-state index contributed by atoms with van der Waals surface area (Å²) in [7, 11) is -11.9. The number of aromatic nitrogens is 15. The van der Waals surface area contributed by atoms with Crippen LogP contribution in [0.4, 0.5) is 4.79 Å². The number of carbonyl (C=O) groups is 4. The van der Waals surface area contributed by atoms with Crippen molar-refractivity contribution < 1.29 is 50.8 Å². The van der Waals surface area contributed by atoms with Crippen LogP contribution in [0.25, 0.3) is 33.8 Å². The number of carbonyl (C=O) groups excluding carboxylic acids is 3. The van der Waals surface area contributed by atoms with Gasteiger partial charge in [0.25, 0.3) is 0 Å². The van der Waals surface area contributed by atoms with E-state index >= 15 is 0 Å². The molecule has 0 spiro atoms. The van der Waals surface area contributed by atoms with Crippen LogP contribution in [0.5, 0.6) is 0 Å². The Bertz CT molecular complexity index is 4300. The van der Waals surface area contributed by atoms with Gasteiger partial charge in [-0.3, -0.25) is 19.3 Å². The van der Waals surface area contributed by atoms with Crippen LogP contribution in [0, 0.1) is 0 Å². The van der Waals surface area contributed by atoms with Gasteiger partial charge in [-0.1, -0.05) is 124 Å². The molecule has 6 aromatic heterocycles. The highest BCUT2D eigenvalue weighted by molar-refractivity contribution is 8.01. The van der Waals surface area contributed by atoms with Crippen LogP contribution in [0.2, 0.25) is 96.7 Å². The van der Waals surface area contributed by atoms with E-state index in [0.29, 0.717) is 71.8 Å². The quantitative estimate of drug-likeness (QED) is 0.0119. The Morgan fingerprint density at radius 1 is 0.400 bits per heavy atom. The third-order valence-corrected chi connectivity index (χ3v) is 48.4. The molecule has 648 valence electrons. The van der Waals surface area contributed by atoms with Gasteiger partial charge in [0.1, 0.15) is 22.6 Å². The zero-order chi connectivity index (χ0) is 86.9. The molecule has 0 atom stereocenters. The molecule has 0 aliphatic rings. The molecule has 0 aliphatic carbocycles. The molecule has 0 bridgehead atoms. The lowest BCUT2D eigenvalue weighted by molar-refractivity contribution is -0.120. The van der Waals surface area contributed by atoms with Gasteiger partial charge in [-0.15, -0.1) is 15.3 Å². The monoisotopic (exact) mass is 1800 g/mol. The largest absolute Gasteiger partial charge is 0.465 e. The van der Waals surface area contributed by atoms with Crippen LogP contribution in [0.3, 0.4) is 0 Å². The second-order valence-electron chi connectivity index (χ2n) is 35.1. The van der Waals surface area contributed by atoms with Crippen LogP contribution in [0.1, 0.15) is 94.2 Å². The molecule has 4 amide bonds. The molecule has 30 nitrogen and oxygen atoms in total. The maximum atomic E-state index is 13.8. The molecule has 39 heteroatoms. The zero-order valence-corrected chi connectivity index (χ0v) is 81.3. The molecular weight excluding hydrogens is 1680 g/mol. The molecule has 0 radical (unpaired) electrons. The summed E-state index contributed by atoms with van der Waals surface area (Å²) >= 11 is 4.85. The van der Waals surface area contributed by atoms with Gasteiger partial charge in [0.2, 0.25) is 17.7 Å². The molecular formula is C81H121N19O11S3Si6. The average molecular weight is 1800 g/mol. The summed E-state index contributed by atoms with van der Waals surface area (Å²) in [4.78, 5) is 77.3. The lowest BCUT2D eigenvalue weighted by Crippen LogP contribution is -2.66. The van der Waals surface area contributed by atoms with Gasteiger partial charge in [0.05, 0.1) is 77.9 Å². The standard InChI is InChI=1S/C81H121N19O11S3Si6/c1-61(101)82-34-19-37-115(7,8)109-118(13,14)58-112-76-85-40-67(41-86-76)46-97-49-73(91-94-97)70-28-22-64(23-29-70)52-106-55-81(100(79(104)105)80(4,5)6,56-107-53-65-24-30-71(31-25-65)74-50-98(95-92-74)47-68-42-87-77(88-43-68)113-59-119(15,16)110-116(9,10)38-20-35-83-62(2)102)57-108-54-66-26-32-72(33-27-66)75-51-99(96-93-75)48-69-44-89-78(90-45-69)114-60-120(17,18)111-117(11,12)39-21-36-84-63(3)103/h22-33,40-45,49-51H,19-21,34-39,46-48,52-60H2,1-18H3,(H,82,101)(H,83,102)(H,84,103)(H,104,105). The van der Waals surface area contributed by atoms with E-state index in [1.807, 2.05) is 149 Å². The summed E-state index contributed by atoms with van der Waals surface area (Å²) in [6, 6.07) is 26.5. The summed E-state index contributed by atoms with van der Waals surface area (Å²) in [5.74, 6) is -0.0343. The first-order valence-electron chi connectivity index (χ1n) is 40.6. The van der Waals surface area contributed by atoms with Crippen LogP contribution in [-0.4, -0.2) is 225 Å². The Balaban J connectivity index is 0.828. The van der Waals surface area contributed by atoms with E-state index in [4.69, 9.17) is 26.6 Å². The van der Waals surface area contributed by atoms with Crippen LogP contribution in [0.15, 0.2) is 144 Å². The van der Waals surface area contributed by atoms with Crippen molar-refractivity contribution in [3.8, 4) is 33.8 Å². The highest BCUT2D eigenvalue weighted by atomic mass is 32.2. The van der Waals surface area contributed by atoms with E-state index in [0.717, 1.165) is 104 Å². The number of rotatable bonds is 49. The Kier molecular flexibility index (Phi) is 35.1. The van der Waals surface area contributed by atoms with Crippen molar-refractivity contribution in [3.63, 3.8) is 0 Å². The number of amides is 4. The number of carboxylic acid groups (broad SMARTS) is 1. The van der Waals surface area contributed by atoms with Crippen molar-refractivity contribution in [2.45, 2.75) is 224 Å². The zero-order valence-electron chi connectivity index (χ0n) is 72.9. The summed E-state index contributed by atoms with van der Waals surface area (Å²) < 4.78 is 45.6. The second kappa shape index (κ2) is 43.9. The predicted octanol–water partition coefficient (Wildman–Crippen LogP) is 14.2. The van der Waals surface area contributed by atoms with Gasteiger partial charge < -0.3 is 47.6 Å². The maximum Gasteiger partial charge on any atom is 0.408 e. The normalized spacial score (nSPS) is 12.6. The molecule has 6 heterocycles. The molecule has 120 heavy (non-hydrogen) atoms. The Morgan fingerprint density at radius 3 is 0.892 bits per heavy atom. The number of hydrogen-bond acceptors (Lipinski definition) is 25. The number of nitrogens with zero attached hydrogens (tertiary/aromatic N) is 16. The van der Waals surface area contributed by atoms with Gasteiger partial charge in [-0.05, 0) is 153 Å². The van der Waals surface area contributed by atoms with Crippen LogP contribution in [-0.2, 0) is 80.4 Å². The summed E-state index contributed by atoms with van der Waals surface area (Å²) in [6.45, 7) is 40.5. The summed E-state index contributed by atoms with van der Waals surface area (Å²) in [5.41, 5.74) is 7.49. The molecule has 0 unspecified atom stereocenters. The maximum absolute atomic E-state index is 13.8.